The summed E-state index contributed by atoms with van der Waals surface area (Å²) in [7, 11) is 0. The lowest BCUT2D eigenvalue weighted by atomic mass is 10.2. The fourth-order valence-corrected chi connectivity index (χ4v) is 2.64. The number of nitrogens with zero attached hydrogens (tertiary/aromatic N) is 1. The van der Waals surface area contributed by atoms with Crippen LogP contribution in [0.15, 0.2) is 40.7 Å². The lowest BCUT2D eigenvalue weighted by Crippen LogP contribution is -2.20. The molecule has 104 valence electrons. The number of hydrogen-bond acceptors (Lipinski definition) is 3. The van der Waals surface area contributed by atoms with Crippen LogP contribution in [0, 0.1) is 0 Å². The summed E-state index contributed by atoms with van der Waals surface area (Å²) in [5.41, 5.74) is 2.25. The molecule has 1 aliphatic rings. The van der Waals surface area contributed by atoms with Crippen molar-refractivity contribution in [1.82, 2.24) is 15.3 Å². The van der Waals surface area contributed by atoms with Crippen molar-refractivity contribution in [3.05, 3.63) is 52.1 Å². The highest BCUT2D eigenvalue weighted by Crippen LogP contribution is 2.19. The fourth-order valence-electron chi connectivity index (χ4n) is 2.64. The Kier molecular flexibility index (Phi) is 3.92. The van der Waals surface area contributed by atoms with Gasteiger partial charge in [-0.15, -0.1) is 0 Å². The molecule has 4 nitrogen and oxygen atoms in total. The van der Waals surface area contributed by atoms with Gasteiger partial charge in [0.1, 0.15) is 5.82 Å². The van der Waals surface area contributed by atoms with E-state index < -0.39 is 0 Å². The van der Waals surface area contributed by atoms with Crippen LogP contribution >= 0.6 is 0 Å². The molecule has 1 aliphatic carbocycles. The first kappa shape index (κ1) is 13.1. The Morgan fingerprint density at radius 1 is 1.30 bits per heavy atom. The average molecular weight is 269 g/mol. The molecule has 0 aliphatic heterocycles. The first-order valence-electron chi connectivity index (χ1n) is 7.19. The van der Waals surface area contributed by atoms with E-state index in [1.165, 1.54) is 19.3 Å². The fraction of sp³-hybridized carbons (Fsp3) is 0.375. The van der Waals surface area contributed by atoms with E-state index in [1.54, 1.807) is 11.6 Å². The molecule has 20 heavy (non-hydrogen) atoms. The molecular formula is C16H19N3O. The highest BCUT2D eigenvalue weighted by molar-refractivity contribution is 5.77. The molecule has 0 radical (unpaired) electrons. The molecule has 0 spiro atoms. The highest BCUT2D eigenvalue weighted by atomic mass is 16.1. The number of aromatic amines is 1. The van der Waals surface area contributed by atoms with Crippen molar-refractivity contribution in [3.63, 3.8) is 0 Å². The number of rotatable bonds is 5. The average Bonchev–Trinajstić information content (AvgIpc) is 2.97. The smallest absolute Gasteiger partial charge is 0.258 e. The molecule has 1 heterocycles. The van der Waals surface area contributed by atoms with E-state index >= 15 is 0 Å². The van der Waals surface area contributed by atoms with Crippen molar-refractivity contribution in [1.29, 1.82) is 0 Å². The van der Waals surface area contributed by atoms with E-state index in [4.69, 9.17) is 0 Å². The summed E-state index contributed by atoms with van der Waals surface area (Å²) < 4.78 is 0. The van der Waals surface area contributed by atoms with Crippen LogP contribution < -0.4 is 10.9 Å². The second-order valence-electron chi connectivity index (χ2n) is 5.21. The molecule has 0 atom stereocenters. The number of nitrogens with one attached hydrogen (secondary N) is 2. The molecule has 0 bridgehead atoms. The predicted octanol–water partition coefficient (Wildman–Crippen LogP) is 2.51. The van der Waals surface area contributed by atoms with Crippen LogP contribution in [0.4, 0.5) is 0 Å². The third-order valence-electron chi connectivity index (χ3n) is 3.71. The van der Waals surface area contributed by atoms with Crippen molar-refractivity contribution >= 4 is 10.9 Å². The lowest BCUT2D eigenvalue weighted by molar-refractivity contribution is 0.652. The van der Waals surface area contributed by atoms with Gasteiger partial charge in [-0.05, 0) is 44.4 Å². The van der Waals surface area contributed by atoms with Crippen LogP contribution in [0.25, 0.3) is 10.9 Å². The largest absolute Gasteiger partial charge is 0.310 e. The summed E-state index contributed by atoms with van der Waals surface area (Å²) in [5, 5.41) is 3.99. The van der Waals surface area contributed by atoms with Crippen molar-refractivity contribution in [3.8, 4) is 0 Å². The summed E-state index contributed by atoms with van der Waals surface area (Å²) in [6.07, 6.45) is 7.21. The number of fused-ring (bicyclic) bond motifs is 1. The Labute approximate surface area is 117 Å². The predicted molar refractivity (Wildman–Crippen MR) is 80.6 cm³/mol. The Bertz CT molecular complexity index is 687. The van der Waals surface area contributed by atoms with Crippen LogP contribution in [0.1, 0.15) is 31.5 Å². The SMILES string of the molecule is O=c1[nH]c(CNCCC2=CCCC2)nc2ccccc12. The second kappa shape index (κ2) is 6.01. The molecule has 2 aromatic rings. The zero-order chi connectivity index (χ0) is 13.8. The number of para-hydroxylation sites is 1. The van der Waals surface area contributed by atoms with Crippen molar-refractivity contribution < 1.29 is 0 Å². The minimum atomic E-state index is -0.0640. The van der Waals surface area contributed by atoms with Crippen molar-refractivity contribution in [2.45, 2.75) is 32.2 Å². The molecule has 1 aromatic heterocycles. The molecule has 0 amide bonds. The zero-order valence-electron chi connectivity index (χ0n) is 11.5. The molecule has 2 N–H and O–H groups in total. The Balaban J connectivity index is 1.61. The molecule has 0 saturated heterocycles. The summed E-state index contributed by atoms with van der Waals surface area (Å²) in [5.74, 6) is 0.703. The van der Waals surface area contributed by atoms with Crippen LogP contribution in [0.5, 0.6) is 0 Å². The minimum Gasteiger partial charge on any atom is -0.310 e. The second-order valence-corrected chi connectivity index (χ2v) is 5.21. The lowest BCUT2D eigenvalue weighted by Gasteiger charge is -2.06. The van der Waals surface area contributed by atoms with Crippen LogP contribution in [-0.2, 0) is 6.54 Å². The molecule has 0 unspecified atom stereocenters. The first-order valence-corrected chi connectivity index (χ1v) is 7.19. The van der Waals surface area contributed by atoms with Gasteiger partial charge in [-0.1, -0.05) is 23.8 Å². The van der Waals surface area contributed by atoms with Gasteiger partial charge in [0.25, 0.3) is 5.56 Å². The standard InChI is InChI=1S/C16H19N3O/c20-16-13-7-3-4-8-14(13)18-15(19-16)11-17-10-9-12-5-1-2-6-12/h3-5,7-8,17H,1-2,6,9-11H2,(H,18,19,20). The minimum absolute atomic E-state index is 0.0640. The highest BCUT2D eigenvalue weighted by Gasteiger charge is 2.05. The van der Waals surface area contributed by atoms with Crippen molar-refractivity contribution in [2.75, 3.05) is 6.54 Å². The van der Waals surface area contributed by atoms with Gasteiger partial charge in [0.05, 0.1) is 17.4 Å². The molecule has 0 fully saturated rings. The van der Waals surface area contributed by atoms with E-state index in [-0.39, 0.29) is 5.56 Å². The molecule has 3 rings (SSSR count). The van der Waals surface area contributed by atoms with Gasteiger partial charge < -0.3 is 10.3 Å². The van der Waals surface area contributed by atoms with Gasteiger partial charge in [-0.25, -0.2) is 4.98 Å². The normalized spacial score (nSPS) is 14.7. The summed E-state index contributed by atoms with van der Waals surface area (Å²) in [4.78, 5) is 19.2. The Morgan fingerprint density at radius 3 is 3.05 bits per heavy atom. The van der Waals surface area contributed by atoms with Gasteiger partial charge in [-0.2, -0.15) is 0 Å². The first-order chi connectivity index (χ1) is 9.83. The number of allylic oxidation sites excluding steroid dienone is 1. The maximum atomic E-state index is 11.9. The topological polar surface area (TPSA) is 57.8 Å². The van der Waals surface area contributed by atoms with E-state index in [2.05, 4.69) is 21.4 Å². The summed E-state index contributed by atoms with van der Waals surface area (Å²) in [6.45, 7) is 1.54. The van der Waals surface area contributed by atoms with Crippen LogP contribution in [0.2, 0.25) is 0 Å². The van der Waals surface area contributed by atoms with Gasteiger partial charge in [0.15, 0.2) is 0 Å². The number of benzene rings is 1. The van der Waals surface area contributed by atoms with E-state index in [0.717, 1.165) is 18.5 Å². The van der Waals surface area contributed by atoms with Gasteiger partial charge in [-0.3, -0.25) is 4.79 Å². The molecule has 4 heteroatoms. The summed E-state index contributed by atoms with van der Waals surface area (Å²) >= 11 is 0. The van der Waals surface area contributed by atoms with Crippen molar-refractivity contribution in [2.24, 2.45) is 0 Å². The van der Waals surface area contributed by atoms with Crippen LogP contribution in [-0.4, -0.2) is 16.5 Å². The Hall–Kier alpha value is -1.94. The third kappa shape index (κ3) is 2.96. The van der Waals surface area contributed by atoms with Gasteiger partial charge in [0.2, 0.25) is 0 Å². The quantitative estimate of drug-likeness (QED) is 0.647. The molecule has 0 saturated carbocycles. The van der Waals surface area contributed by atoms with E-state index in [1.807, 2.05) is 18.2 Å². The number of H-pyrrole nitrogens is 1. The zero-order valence-corrected chi connectivity index (χ0v) is 11.5. The van der Waals surface area contributed by atoms with E-state index in [0.29, 0.717) is 17.8 Å². The molecular weight excluding hydrogens is 250 g/mol. The summed E-state index contributed by atoms with van der Waals surface area (Å²) in [6, 6.07) is 7.42. The maximum absolute atomic E-state index is 11.9. The van der Waals surface area contributed by atoms with E-state index in [9.17, 15) is 4.79 Å². The van der Waals surface area contributed by atoms with Crippen LogP contribution in [0.3, 0.4) is 0 Å². The third-order valence-corrected chi connectivity index (χ3v) is 3.71. The number of hydrogen-bond donors (Lipinski definition) is 2. The maximum Gasteiger partial charge on any atom is 0.258 e. The monoisotopic (exact) mass is 269 g/mol. The Morgan fingerprint density at radius 2 is 2.20 bits per heavy atom. The van der Waals surface area contributed by atoms with Gasteiger partial charge in [0, 0.05) is 0 Å². The molecule has 1 aromatic carbocycles. The van der Waals surface area contributed by atoms with Gasteiger partial charge >= 0.3 is 0 Å². The number of aromatic nitrogens is 2.